The Balaban J connectivity index is 1.94. The van der Waals surface area contributed by atoms with Crippen molar-refractivity contribution < 1.29 is 0 Å². The zero-order valence-corrected chi connectivity index (χ0v) is 11.6. The highest BCUT2D eigenvalue weighted by Gasteiger charge is 2.12. The second-order valence-corrected chi connectivity index (χ2v) is 5.30. The monoisotopic (exact) mass is 342 g/mol. The largest absolute Gasteiger partial charge is 0.371 e. The molecule has 0 atom stereocenters. The fraction of sp³-hybridized carbons (Fsp3) is 0.333. The van der Waals surface area contributed by atoms with E-state index in [2.05, 4.69) is 36.3 Å². The van der Waals surface area contributed by atoms with Gasteiger partial charge in [-0.15, -0.1) is 0 Å². The predicted octanol–water partition coefficient (Wildman–Crippen LogP) is 1.86. The standard InChI is InChI=1S/C12H15IN4/c13-17-7-6-15-12(9-17)16-11(14)8-10-4-2-1-3-5-10/h1-5H,6-9H2,(H2,14,15,16). The Morgan fingerprint density at radius 1 is 1.41 bits per heavy atom. The van der Waals surface area contributed by atoms with E-state index in [1.807, 2.05) is 30.3 Å². The van der Waals surface area contributed by atoms with Crippen LogP contribution in [0.3, 0.4) is 0 Å². The fourth-order valence-electron chi connectivity index (χ4n) is 1.69. The average molecular weight is 342 g/mol. The summed E-state index contributed by atoms with van der Waals surface area (Å²) in [6.45, 7) is 2.71. The molecule has 1 heterocycles. The second-order valence-electron chi connectivity index (χ2n) is 3.94. The number of hydrogen-bond acceptors (Lipinski definition) is 2. The van der Waals surface area contributed by atoms with Gasteiger partial charge in [0.15, 0.2) is 0 Å². The van der Waals surface area contributed by atoms with Crippen molar-refractivity contribution in [2.45, 2.75) is 6.42 Å². The molecule has 17 heavy (non-hydrogen) atoms. The number of aliphatic imine (C=N–C) groups is 1. The Morgan fingerprint density at radius 3 is 2.88 bits per heavy atom. The highest BCUT2D eigenvalue weighted by molar-refractivity contribution is 14.1. The van der Waals surface area contributed by atoms with Crippen LogP contribution in [0.4, 0.5) is 0 Å². The summed E-state index contributed by atoms with van der Waals surface area (Å²) in [7, 11) is 0. The van der Waals surface area contributed by atoms with Crippen molar-refractivity contribution in [3.05, 3.63) is 35.9 Å². The normalized spacial score (nSPS) is 19.0. The van der Waals surface area contributed by atoms with Crippen LogP contribution < -0.4 is 5.32 Å². The lowest BCUT2D eigenvalue weighted by Crippen LogP contribution is -2.43. The number of nitrogens with zero attached hydrogens (tertiary/aromatic N) is 2. The van der Waals surface area contributed by atoms with Gasteiger partial charge in [0.05, 0.1) is 6.54 Å². The van der Waals surface area contributed by atoms with Gasteiger partial charge < -0.3 is 5.32 Å². The number of nitrogens with one attached hydrogen (secondary N) is 2. The van der Waals surface area contributed by atoms with Crippen LogP contribution in [0.2, 0.25) is 0 Å². The molecule has 90 valence electrons. The lowest BCUT2D eigenvalue weighted by atomic mass is 10.1. The van der Waals surface area contributed by atoms with Gasteiger partial charge in [-0.3, -0.25) is 5.41 Å². The molecule has 2 rings (SSSR count). The maximum atomic E-state index is 7.88. The van der Waals surface area contributed by atoms with Crippen molar-refractivity contribution in [3.8, 4) is 0 Å². The first kappa shape index (κ1) is 12.5. The maximum Gasteiger partial charge on any atom is 0.127 e. The summed E-state index contributed by atoms with van der Waals surface area (Å²) in [5.41, 5.74) is 1.13. The van der Waals surface area contributed by atoms with Gasteiger partial charge in [-0.05, 0) is 5.56 Å². The van der Waals surface area contributed by atoms with Gasteiger partial charge in [0.2, 0.25) is 0 Å². The molecule has 1 aliphatic heterocycles. The minimum Gasteiger partial charge on any atom is -0.371 e. The average Bonchev–Trinajstić information content (AvgIpc) is 2.30. The zero-order chi connectivity index (χ0) is 12.1. The Morgan fingerprint density at radius 2 is 2.18 bits per heavy atom. The van der Waals surface area contributed by atoms with E-state index in [0.29, 0.717) is 12.3 Å². The molecule has 0 spiro atoms. The highest BCUT2D eigenvalue weighted by atomic mass is 127. The van der Waals surface area contributed by atoms with Crippen LogP contribution in [-0.4, -0.2) is 34.4 Å². The van der Waals surface area contributed by atoms with Crippen molar-refractivity contribution in [2.75, 3.05) is 19.6 Å². The van der Waals surface area contributed by atoms with Gasteiger partial charge in [0.25, 0.3) is 0 Å². The molecule has 0 unspecified atom stereocenters. The lowest BCUT2D eigenvalue weighted by molar-refractivity contribution is 0.528. The first-order valence-corrected chi connectivity index (χ1v) is 6.54. The zero-order valence-electron chi connectivity index (χ0n) is 9.49. The van der Waals surface area contributed by atoms with Crippen LogP contribution in [0.15, 0.2) is 35.3 Å². The van der Waals surface area contributed by atoms with E-state index < -0.39 is 0 Å². The Kier molecular flexibility index (Phi) is 4.49. The summed E-state index contributed by atoms with van der Waals surface area (Å²) >= 11 is 2.28. The third-order valence-electron chi connectivity index (χ3n) is 2.49. The first-order chi connectivity index (χ1) is 8.24. The fourth-order valence-corrected chi connectivity index (χ4v) is 2.25. The SMILES string of the molecule is N=C(Cc1ccccc1)/N=C1/CN(I)CCN1. The Bertz CT molecular complexity index is 416. The van der Waals surface area contributed by atoms with E-state index in [1.165, 1.54) is 0 Å². The van der Waals surface area contributed by atoms with Crippen LogP contribution in [0, 0.1) is 5.41 Å². The maximum absolute atomic E-state index is 7.88. The van der Waals surface area contributed by atoms with Crippen LogP contribution in [0.25, 0.3) is 0 Å². The lowest BCUT2D eigenvalue weighted by Gasteiger charge is -2.23. The number of halogens is 1. The van der Waals surface area contributed by atoms with E-state index in [-0.39, 0.29) is 0 Å². The first-order valence-electron chi connectivity index (χ1n) is 5.57. The number of rotatable bonds is 2. The molecule has 0 bridgehead atoms. The van der Waals surface area contributed by atoms with Gasteiger partial charge >= 0.3 is 0 Å². The van der Waals surface area contributed by atoms with E-state index in [9.17, 15) is 0 Å². The molecule has 1 aliphatic rings. The van der Waals surface area contributed by atoms with Crippen LogP contribution in [0.5, 0.6) is 0 Å². The molecule has 4 nitrogen and oxygen atoms in total. The quantitative estimate of drug-likeness (QED) is 0.373. The van der Waals surface area contributed by atoms with Gasteiger partial charge in [-0.2, -0.15) is 0 Å². The molecule has 5 heteroatoms. The van der Waals surface area contributed by atoms with Crippen LogP contribution in [-0.2, 0) is 6.42 Å². The van der Waals surface area contributed by atoms with Crippen LogP contribution >= 0.6 is 22.9 Å². The van der Waals surface area contributed by atoms with Crippen molar-refractivity contribution in [3.63, 3.8) is 0 Å². The number of hydrogen-bond donors (Lipinski definition) is 2. The molecule has 1 aromatic carbocycles. The van der Waals surface area contributed by atoms with E-state index in [0.717, 1.165) is 31.0 Å². The smallest absolute Gasteiger partial charge is 0.127 e. The van der Waals surface area contributed by atoms with Gasteiger partial charge in [-0.1, -0.05) is 30.3 Å². The molecular weight excluding hydrogens is 327 g/mol. The summed E-state index contributed by atoms with van der Waals surface area (Å²) in [5.74, 6) is 1.30. The molecule has 0 aliphatic carbocycles. The van der Waals surface area contributed by atoms with Crippen molar-refractivity contribution in [1.82, 2.24) is 8.43 Å². The van der Waals surface area contributed by atoms with Crippen molar-refractivity contribution >= 4 is 34.5 Å². The number of amidine groups is 2. The van der Waals surface area contributed by atoms with Gasteiger partial charge in [0.1, 0.15) is 11.7 Å². The Labute approximate surface area is 115 Å². The summed E-state index contributed by atoms with van der Waals surface area (Å²) < 4.78 is 2.17. The van der Waals surface area contributed by atoms with Crippen molar-refractivity contribution in [2.24, 2.45) is 4.99 Å². The van der Waals surface area contributed by atoms with Crippen molar-refractivity contribution in [1.29, 1.82) is 5.41 Å². The minimum atomic E-state index is 0.408. The summed E-state index contributed by atoms with van der Waals surface area (Å²) in [4.78, 5) is 4.32. The molecule has 0 aromatic heterocycles. The minimum absolute atomic E-state index is 0.408. The van der Waals surface area contributed by atoms with E-state index in [4.69, 9.17) is 5.41 Å². The van der Waals surface area contributed by atoms with E-state index in [1.54, 1.807) is 0 Å². The third kappa shape index (κ3) is 4.08. The highest BCUT2D eigenvalue weighted by Crippen LogP contribution is 2.04. The Hall–Kier alpha value is -0.950. The predicted molar refractivity (Wildman–Crippen MR) is 78.9 cm³/mol. The molecule has 1 fully saturated rings. The summed E-state index contributed by atoms with van der Waals surface area (Å²) in [6, 6.07) is 10.00. The second kappa shape index (κ2) is 6.11. The molecular formula is C12H15IN4. The molecule has 0 amide bonds. The molecule has 0 radical (unpaired) electrons. The van der Waals surface area contributed by atoms with Gasteiger partial charge in [-0.25, -0.2) is 8.11 Å². The van der Waals surface area contributed by atoms with Gasteiger partial charge in [0, 0.05) is 42.4 Å². The summed E-state index contributed by atoms with van der Waals surface area (Å²) in [5, 5.41) is 11.1. The number of piperazine rings is 1. The topological polar surface area (TPSA) is 51.5 Å². The third-order valence-corrected chi connectivity index (χ3v) is 3.31. The number of benzene rings is 1. The molecule has 1 aromatic rings. The van der Waals surface area contributed by atoms with Crippen LogP contribution in [0.1, 0.15) is 5.56 Å². The van der Waals surface area contributed by atoms with E-state index >= 15 is 0 Å². The molecule has 2 N–H and O–H groups in total. The molecule has 1 saturated heterocycles. The summed E-state index contributed by atoms with van der Waals surface area (Å²) in [6.07, 6.45) is 0.591. The molecule has 0 saturated carbocycles.